The van der Waals surface area contributed by atoms with Crippen LogP contribution in [0.15, 0.2) is 0 Å². The first-order valence-electron chi connectivity index (χ1n) is 5.87. The molecule has 0 bridgehead atoms. The standard InChI is InChI=1S/C11H17N3O3/c1-14-6-7(4-10(14)16)11(17)13-8-2-3-9(15)12-5-8/h7-8H,2-6H2,1H3,(H,12,15)(H,13,17). The van der Waals surface area contributed by atoms with E-state index in [4.69, 9.17) is 0 Å². The molecule has 6 heteroatoms. The maximum Gasteiger partial charge on any atom is 0.225 e. The molecule has 2 unspecified atom stereocenters. The Morgan fingerprint density at radius 3 is 2.76 bits per heavy atom. The lowest BCUT2D eigenvalue weighted by molar-refractivity contribution is -0.129. The van der Waals surface area contributed by atoms with E-state index in [1.807, 2.05) is 0 Å². The molecule has 2 atom stereocenters. The van der Waals surface area contributed by atoms with Crippen molar-refractivity contribution in [1.29, 1.82) is 0 Å². The van der Waals surface area contributed by atoms with Crippen LogP contribution in [0.3, 0.4) is 0 Å². The highest BCUT2D eigenvalue weighted by Crippen LogP contribution is 2.16. The smallest absolute Gasteiger partial charge is 0.225 e. The molecule has 0 radical (unpaired) electrons. The van der Waals surface area contributed by atoms with Crippen molar-refractivity contribution in [3.63, 3.8) is 0 Å². The van der Waals surface area contributed by atoms with Crippen LogP contribution >= 0.6 is 0 Å². The highest BCUT2D eigenvalue weighted by atomic mass is 16.2. The summed E-state index contributed by atoms with van der Waals surface area (Å²) in [6.07, 6.45) is 1.42. The summed E-state index contributed by atoms with van der Waals surface area (Å²) in [7, 11) is 1.70. The van der Waals surface area contributed by atoms with Crippen molar-refractivity contribution in [2.75, 3.05) is 20.1 Å². The zero-order valence-electron chi connectivity index (χ0n) is 9.86. The van der Waals surface area contributed by atoms with Gasteiger partial charge in [-0.1, -0.05) is 0 Å². The van der Waals surface area contributed by atoms with Gasteiger partial charge in [0.15, 0.2) is 0 Å². The predicted octanol–water partition coefficient (Wildman–Crippen LogP) is -1.14. The van der Waals surface area contributed by atoms with Crippen molar-refractivity contribution in [2.24, 2.45) is 5.92 Å². The molecule has 0 saturated carbocycles. The summed E-state index contributed by atoms with van der Waals surface area (Å²) in [4.78, 5) is 35.7. The van der Waals surface area contributed by atoms with Crippen LogP contribution in [-0.4, -0.2) is 48.8 Å². The van der Waals surface area contributed by atoms with Crippen LogP contribution in [-0.2, 0) is 14.4 Å². The number of piperidine rings is 1. The Morgan fingerprint density at radius 1 is 1.47 bits per heavy atom. The third kappa shape index (κ3) is 2.75. The maximum absolute atomic E-state index is 11.9. The second kappa shape index (κ2) is 4.73. The van der Waals surface area contributed by atoms with Gasteiger partial charge in [-0.25, -0.2) is 0 Å². The Kier molecular flexibility index (Phi) is 3.31. The van der Waals surface area contributed by atoms with Crippen LogP contribution in [0.2, 0.25) is 0 Å². The topological polar surface area (TPSA) is 78.5 Å². The molecular weight excluding hydrogens is 222 g/mol. The lowest BCUT2D eigenvalue weighted by Gasteiger charge is -2.24. The van der Waals surface area contributed by atoms with Crippen LogP contribution in [0.4, 0.5) is 0 Å². The van der Waals surface area contributed by atoms with Crippen LogP contribution in [0.5, 0.6) is 0 Å². The number of amides is 3. The molecule has 2 aliphatic heterocycles. The van der Waals surface area contributed by atoms with Crippen molar-refractivity contribution in [2.45, 2.75) is 25.3 Å². The first-order chi connectivity index (χ1) is 8.06. The molecule has 2 aliphatic rings. The zero-order chi connectivity index (χ0) is 12.4. The van der Waals surface area contributed by atoms with E-state index in [0.717, 1.165) is 0 Å². The van der Waals surface area contributed by atoms with Gasteiger partial charge in [0.1, 0.15) is 0 Å². The van der Waals surface area contributed by atoms with E-state index in [1.54, 1.807) is 11.9 Å². The molecule has 2 rings (SSSR count). The van der Waals surface area contributed by atoms with Gasteiger partial charge in [0.25, 0.3) is 0 Å². The Morgan fingerprint density at radius 2 is 2.24 bits per heavy atom. The largest absolute Gasteiger partial charge is 0.354 e. The molecule has 94 valence electrons. The molecule has 0 aliphatic carbocycles. The number of hydrogen-bond acceptors (Lipinski definition) is 3. The fourth-order valence-electron chi connectivity index (χ4n) is 2.21. The molecule has 0 aromatic carbocycles. The van der Waals surface area contributed by atoms with Crippen LogP contribution in [0, 0.1) is 5.92 Å². The normalized spacial score (nSPS) is 29.1. The highest BCUT2D eigenvalue weighted by Gasteiger charge is 2.33. The second-order valence-corrected chi connectivity index (χ2v) is 4.72. The van der Waals surface area contributed by atoms with Gasteiger partial charge in [-0.15, -0.1) is 0 Å². The van der Waals surface area contributed by atoms with E-state index in [1.165, 1.54) is 0 Å². The Labute approximate surface area is 99.7 Å². The van der Waals surface area contributed by atoms with E-state index in [9.17, 15) is 14.4 Å². The Balaban J connectivity index is 1.81. The molecule has 0 aromatic heterocycles. The van der Waals surface area contributed by atoms with Gasteiger partial charge >= 0.3 is 0 Å². The van der Waals surface area contributed by atoms with Crippen molar-refractivity contribution >= 4 is 17.7 Å². The Bertz CT molecular complexity index is 346. The number of nitrogens with zero attached hydrogens (tertiary/aromatic N) is 1. The summed E-state index contributed by atoms with van der Waals surface area (Å²) in [5, 5.41) is 5.60. The van der Waals surface area contributed by atoms with E-state index < -0.39 is 0 Å². The van der Waals surface area contributed by atoms with Gasteiger partial charge in [0.2, 0.25) is 17.7 Å². The van der Waals surface area contributed by atoms with Gasteiger partial charge < -0.3 is 15.5 Å². The number of nitrogens with one attached hydrogen (secondary N) is 2. The van der Waals surface area contributed by atoms with Gasteiger partial charge in [0, 0.05) is 39.0 Å². The van der Waals surface area contributed by atoms with Crippen molar-refractivity contribution in [3.05, 3.63) is 0 Å². The van der Waals surface area contributed by atoms with Crippen LogP contribution in [0.25, 0.3) is 0 Å². The third-order valence-corrected chi connectivity index (χ3v) is 3.32. The lowest BCUT2D eigenvalue weighted by Crippen LogP contribution is -2.49. The predicted molar refractivity (Wildman–Crippen MR) is 59.9 cm³/mol. The number of carbonyl (C=O) groups excluding carboxylic acids is 3. The number of rotatable bonds is 2. The maximum atomic E-state index is 11.9. The van der Waals surface area contributed by atoms with Gasteiger partial charge in [0.05, 0.1) is 5.92 Å². The summed E-state index contributed by atoms with van der Waals surface area (Å²) < 4.78 is 0. The average Bonchev–Trinajstić information content (AvgIpc) is 2.63. The first-order valence-corrected chi connectivity index (χ1v) is 5.87. The molecule has 17 heavy (non-hydrogen) atoms. The fraction of sp³-hybridized carbons (Fsp3) is 0.727. The summed E-state index contributed by atoms with van der Waals surface area (Å²) >= 11 is 0. The minimum Gasteiger partial charge on any atom is -0.354 e. The monoisotopic (exact) mass is 239 g/mol. The van der Waals surface area contributed by atoms with Gasteiger partial charge in [-0.2, -0.15) is 0 Å². The minimum absolute atomic E-state index is 0.00112. The molecule has 0 spiro atoms. The lowest BCUT2D eigenvalue weighted by atomic mass is 10.0. The SMILES string of the molecule is CN1CC(C(=O)NC2CCC(=O)NC2)CC1=O. The van der Waals surface area contributed by atoms with Gasteiger partial charge in [-0.05, 0) is 6.42 Å². The summed E-state index contributed by atoms with van der Waals surface area (Å²) in [6.45, 7) is 0.977. The molecule has 3 amide bonds. The molecule has 6 nitrogen and oxygen atoms in total. The van der Waals surface area contributed by atoms with Gasteiger partial charge in [-0.3, -0.25) is 14.4 Å². The quantitative estimate of drug-likeness (QED) is 0.639. The molecule has 0 aromatic rings. The van der Waals surface area contributed by atoms with Crippen molar-refractivity contribution < 1.29 is 14.4 Å². The average molecular weight is 239 g/mol. The molecule has 2 fully saturated rings. The minimum atomic E-state index is -0.245. The Hall–Kier alpha value is -1.59. The second-order valence-electron chi connectivity index (χ2n) is 4.72. The molecule has 2 saturated heterocycles. The third-order valence-electron chi connectivity index (χ3n) is 3.32. The number of carbonyl (C=O) groups is 3. The zero-order valence-corrected chi connectivity index (χ0v) is 9.86. The summed E-state index contributed by atoms with van der Waals surface area (Å²) in [5.74, 6) is -0.276. The molecule has 2 heterocycles. The summed E-state index contributed by atoms with van der Waals surface area (Å²) in [6, 6.07) is 0.00112. The highest BCUT2D eigenvalue weighted by molar-refractivity contribution is 5.89. The molecular formula is C11H17N3O3. The van der Waals surface area contributed by atoms with E-state index >= 15 is 0 Å². The molecule has 2 N–H and O–H groups in total. The van der Waals surface area contributed by atoms with Crippen molar-refractivity contribution in [1.82, 2.24) is 15.5 Å². The van der Waals surface area contributed by atoms with Crippen LogP contribution < -0.4 is 10.6 Å². The van der Waals surface area contributed by atoms with E-state index in [-0.39, 0.29) is 29.7 Å². The summed E-state index contributed by atoms with van der Waals surface area (Å²) in [5.41, 5.74) is 0. The fourth-order valence-corrected chi connectivity index (χ4v) is 2.21. The van der Waals surface area contributed by atoms with Crippen LogP contribution in [0.1, 0.15) is 19.3 Å². The number of hydrogen-bond donors (Lipinski definition) is 2. The number of likely N-dealkylation sites (tertiary alicyclic amines) is 1. The van der Waals surface area contributed by atoms with Crippen molar-refractivity contribution in [3.8, 4) is 0 Å². The van der Waals surface area contributed by atoms with E-state index in [0.29, 0.717) is 32.4 Å². The first kappa shape index (κ1) is 11.9. The van der Waals surface area contributed by atoms with E-state index in [2.05, 4.69) is 10.6 Å².